The molecule has 0 aliphatic heterocycles. The summed E-state index contributed by atoms with van der Waals surface area (Å²) >= 11 is 0. The molecule has 0 spiro atoms. The standard InChI is InChI=1S/C18H19N5O3/c1-3-26-18(25)16-11-15(21-22(16)2)17(24)20-14-7-4-6-13(10-14)12-23-9-5-8-19-23/h4-11H,3,12H2,1-2H3,(H,20,24). The summed E-state index contributed by atoms with van der Waals surface area (Å²) in [6.45, 7) is 2.58. The Hall–Kier alpha value is -3.42. The molecule has 0 aliphatic rings. The minimum Gasteiger partial charge on any atom is -0.461 e. The molecule has 0 unspecified atom stereocenters. The van der Waals surface area contributed by atoms with E-state index in [0.717, 1.165) is 5.56 Å². The van der Waals surface area contributed by atoms with Crippen LogP contribution in [0.4, 0.5) is 5.69 Å². The van der Waals surface area contributed by atoms with Crippen molar-refractivity contribution in [3.8, 4) is 0 Å². The van der Waals surface area contributed by atoms with Crippen molar-refractivity contribution < 1.29 is 14.3 Å². The molecule has 1 amide bonds. The zero-order valence-electron chi connectivity index (χ0n) is 14.5. The molecule has 3 rings (SSSR count). The molecule has 2 heterocycles. The highest BCUT2D eigenvalue weighted by Crippen LogP contribution is 2.14. The Labute approximate surface area is 150 Å². The van der Waals surface area contributed by atoms with E-state index in [4.69, 9.17) is 4.74 Å². The summed E-state index contributed by atoms with van der Waals surface area (Å²) in [6, 6.07) is 10.7. The number of esters is 1. The van der Waals surface area contributed by atoms with Gasteiger partial charge >= 0.3 is 5.97 Å². The fraction of sp³-hybridized carbons (Fsp3) is 0.222. The smallest absolute Gasteiger partial charge is 0.356 e. The lowest BCUT2D eigenvalue weighted by Gasteiger charge is -2.06. The molecule has 0 atom stereocenters. The number of nitrogens with one attached hydrogen (secondary N) is 1. The minimum atomic E-state index is -0.511. The Kier molecular flexibility index (Phi) is 5.12. The maximum absolute atomic E-state index is 12.4. The fourth-order valence-corrected chi connectivity index (χ4v) is 2.50. The van der Waals surface area contributed by atoms with Crippen LogP contribution in [0.1, 0.15) is 33.5 Å². The van der Waals surface area contributed by atoms with E-state index in [2.05, 4.69) is 15.5 Å². The van der Waals surface area contributed by atoms with Crippen LogP contribution in [0.25, 0.3) is 0 Å². The lowest BCUT2D eigenvalue weighted by Crippen LogP contribution is -2.13. The fourth-order valence-electron chi connectivity index (χ4n) is 2.50. The van der Waals surface area contributed by atoms with E-state index in [1.807, 2.05) is 30.5 Å². The molecule has 1 aromatic carbocycles. The molecule has 8 heteroatoms. The summed E-state index contributed by atoms with van der Waals surface area (Å²) in [5.41, 5.74) is 2.01. The Bertz CT molecular complexity index is 915. The van der Waals surface area contributed by atoms with Gasteiger partial charge in [-0.15, -0.1) is 0 Å². The summed E-state index contributed by atoms with van der Waals surface area (Å²) in [7, 11) is 1.59. The molecule has 0 radical (unpaired) electrons. The monoisotopic (exact) mass is 353 g/mol. The second-order valence-corrected chi connectivity index (χ2v) is 5.62. The van der Waals surface area contributed by atoms with Gasteiger partial charge in [0.15, 0.2) is 5.69 Å². The van der Waals surface area contributed by atoms with Crippen LogP contribution in [-0.2, 0) is 18.3 Å². The quantitative estimate of drug-likeness (QED) is 0.685. The van der Waals surface area contributed by atoms with Crippen molar-refractivity contribution >= 4 is 17.6 Å². The maximum Gasteiger partial charge on any atom is 0.356 e. The average molecular weight is 353 g/mol. The zero-order chi connectivity index (χ0) is 18.5. The van der Waals surface area contributed by atoms with Crippen molar-refractivity contribution in [2.45, 2.75) is 13.5 Å². The van der Waals surface area contributed by atoms with Crippen LogP contribution in [0.3, 0.4) is 0 Å². The van der Waals surface area contributed by atoms with Crippen LogP contribution in [-0.4, -0.2) is 38.0 Å². The topological polar surface area (TPSA) is 91.0 Å². The summed E-state index contributed by atoms with van der Waals surface area (Å²) in [6.07, 6.45) is 3.59. The van der Waals surface area contributed by atoms with Crippen LogP contribution in [0.5, 0.6) is 0 Å². The number of anilines is 1. The number of aryl methyl sites for hydroxylation is 1. The van der Waals surface area contributed by atoms with Crippen molar-refractivity contribution in [1.82, 2.24) is 19.6 Å². The minimum absolute atomic E-state index is 0.146. The number of carbonyl (C=O) groups is 2. The number of amides is 1. The maximum atomic E-state index is 12.4. The van der Waals surface area contributed by atoms with E-state index >= 15 is 0 Å². The number of rotatable bonds is 6. The van der Waals surface area contributed by atoms with Gasteiger partial charge in [0.1, 0.15) is 5.69 Å². The van der Waals surface area contributed by atoms with Gasteiger partial charge < -0.3 is 10.1 Å². The molecule has 2 aromatic heterocycles. The predicted molar refractivity (Wildman–Crippen MR) is 94.9 cm³/mol. The molecule has 0 saturated carbocycles. The molecule has 134 valence electrons. The first-order valence-corrected chi connectivity index (χ1v) is 8.15. The number of hydrogen-bond acceptors (Lipinski definition) is 5. The van der Waals surface area contributed by atoms with Crippen molar-refractivity contribution in [3.63, 3.8) is 0 Å². The lowest BCUT2D eigenvalue weighted by molar-refractivity contribution is 0.0513. The van der Waals surface area contributed by atoms with E-state index in [-0.39, 0.29) is 18.0 Å². The van der Waals surface area contributed by atoms with Gasteiger partial charge in [-0.05, 0) is 30.7 Å². The second-order valence-electron chi connectivity index (χ2n) is 5.62. The third-order valence-corrected chi connectivity index (χ3v) is 3.69. The summed E-state index contributed by atoms with van der Waals surface area (Å²) in [4.78, 5) is 24.3. The first kappa shape index (κ1) is 17.4. The number of benzene rings is 1. The Balaban J connectivity index is 1.72. The third kappa shape index (κ3) is 3.97. The molecular weight excluding hydrogens is 334 g/mol. The number of hydrogen-bond donors (Lipinski definition) is 1. The van der Waals surface area contributed by atoms with Gasteiger partial charge in [-0.25, -0.2) is 4.79 Å². The highest BCUT2D eigenvalue weighted by molar-refractivity contribution is 6.04. The number of nitrogens with zero attached hydrogens (tertiary/aromatic N) is 4. The van der Waals surface area contributed by atoms with Gasteiger partial charge in [-0.1, -0.05) is 12.1 Å². The number of aromatic nitrogens is 4. The van der Waals surface area contributed by atoms with Gasteiger partial charge in [0.25, 0.3) is 5.91 Å². The molecule has 0 bridgehead atoms. The van der Waals surface area contributed by atoms with Gasteiger partial charge in [-0.2, -0.15) is 10.2 Å². The number of ether oxygens (including phenoxy) is 1. The summed E-state index contributed by atoms with van der Waals surface area (Å²) in [5.74, 6) is -0.907. The molecule has 0 fully saturated rings. The average Bonchev–Trinajstić information content (AvgIpc) is 3.25. The summed E-state index contributed by atoms with van der Waals surface area (Å²) in [5, 5.41) is 11.0. The molecule has 0 aliphatic carbocycles. The van der Waals surface area contributed by atoms with Crippen LogP contribution in [0, 0.1) is 0 Å². The van der Waals surface area contributed by atoms with Gasteiger partial charge in [-0.3, -0.25) is 14.2 Å². The van der Waals surface area contributed by atoms with Crippen molar-refractivity contribution in [2.24, 2.45) is 7.05 Å². The van der Waals surface area contributed by atoms with E-state index in [1.165, 1.54) is 10.7 Å². The zero-order valence-corrected chi connectivity index (χ0v) is 14.5. The van der Waals surface area contributed by atoms with Crippen molar-refractivity contribution in [3.05, 3.63) is 65.7 Å². The molecule has 26 heavy (non-hydrogen) atoms. The Morgan fingerprint density at radius 1 is 1.23 bits per heavy atom. The molecule has 0 saturated heterocycles. The van der Waals surface area contributed by atoms with Gasteiger partial charge in [0, 0.05) is 31.2 Å². The molecule has 3 aromatic rings. The Morgan fingerprint density at radius 2 is 2.08 bits per heavy atom. The lowest BCUT2D eigenvalue weighted by atomic mass is 10.2. The number of carbonyl (C=O) groups excluding carboxylic acids is 2. The third-order valence-electron chi connectivity index (χ3n) is 3.69. The molecular formula is C18H19N5O3. The van der Waals surface area contributed by atoms with Gasteiger partial charge in [0.2, 0.25) is 0 Å². The largest absolute Gasteiger partial charge is 0.461 e. The second kappa shape index (κ2) is 7.64. The van der Waals surface area contributed by atoms with Crippen molar-refractivity contribution in [2.75, 3.05) is 11.9 Å². The first-order valence-electron chi connectivity index (χ1n) is 8.15. The first-order chi connectivity index (χ1) is 12.6. The SMILES string of the molecule is CCOC(=O)c1cc(C(=O)Nc2cccc(Cn3cccn3)c2)nn1C. The van der Waals surface area contributed by atoms with Crippen LogP contribution in [0.2, 0.25) is 0 Å². The molecule has 8 nitrogen and oxygen atoms in total. The predicted octanol–water partition coefficient (Wildman–Crippen LogP) is 2.09. The normalized spacial score (nSPS) is 10.5. The van der Waals surface area contributed by atoms with Crippen LogP contribution in [0.15, 0.2) is 48.8 Å². The van der Waals surface area contributed by atoms with Crippen LogP contribution < -0.4 is 5.32 Å². The van der Waals surface area contributed by atoms with E-state index in [1.54, 1.807) is 30.9 Å². The van der Waals surface area contributed by atoms with E-state index < -0.39 is 11.9 Å². The van der Waals surface area contributed by atoms with E-state index in [9.17, 15) is 9.59 Å². The van der Waals surface area contributed by atoms with Gasteiger partial charge in [0.05, 0.1) is 13.2 Å². The highest BCUT2D eigenvalue weighted by Gasteiger charge is 2.18. The highest BCUT2D eigenvalue weighted by atomic mass is 16.5. The molecule has 1 N–H and O–H groups in total. The van der Waals surface area contributed by atoms with E-state index in [0.29, 0.717) is 12.2 Å². The van der Waals surface area contributed by atoms with Crippen molar-refractivity contribution in [1.29, 1.82) is 0 Å². The van der Waals surface area contributed by atoms with Crippen LogP contribution >= 0.6 is 0 Å². The summed E-state index contributed by atoms with van der Waals surface area (Å²) < 4.78 is 8.08. The Morgan fingerprint density at radius 3 is 2.81 bits per heavy atom.